The summed E-state index contributed by atoms with van der Waals surface area (Å²) in [6, 6.07) is 0.407. The third kappa shape index (κ3) is 4.19. The maximum atomic E-state index is 11.3. The Hall–Kier alpha value is -1.65. The lowest BCUT2D eigenvalue weighted by molar-refractivity contribution is 0.0593. The summed E-state index contributed by atoms with van der Waals surface area (Å²) >= 11 is 0. The fourth-order valence-corrected chi connectivity index (χ4v) is 1.79. The number of methoxy groups -OCH3 is 1. The average molecular weight is 265 g/mol. The maximum absolute atomic E-state index is 11.3. The van der Waals surface area contributed by atoms with Crippen LogP contribution >= 0.6 is 0 Å². The molecule has 0 fully saturated rings. The van der Waals surface area contributed by atoms with E-state index in [4.69, 9.17) is 0 Å². The average Bonchev–Trinajstić information content (AvgIpc) is 2.47. The van der Waals surface area contributed by atoms with E-state index in [1.807, 2.05) is 0 Å². The van der Waals surface area contributed by atoms with E-state index in [0.29, 0.717) is 6.04 Å². The van der Waals surface area contributed by atoms with Crippen molar-refractivity contribution < 1.29 is 9.53 Å². The highest BCUT2D eigenvalue weighted by atomic mass is 16.5. The standard InChI is InChI=1S/C14H23N3O2/c1-5-7-8-17(11(3)6-2)13-10-15-12(9-16-13)14(18)19-4/h9-11H,5-8H2,1-4H3. The smallest absolute Gasteiger partial charge is 0.358 e. The van der Waals surface area contributed by atoms with Crippen molar-refractivity contribution in [3.8, 4) is 0 Å². The van der Waals surface area contributed by atoms with Crippen molar-refractivity contribution in [3.63, 3.8) is 0 Å². The summed E-state index contributed by atoms with van der Waals surface area (Å²) in [6.45, 7) is 7.45. The van der Waals surface area contributed by atoms with Gasteiger partial charge in [-0.15, -0.1) is 0 Å². The lowest BCUT2D eigenvalue weighted by Gasteiger charge is -2.29. The Kier molecular flexibility index (Phi) is 6.25. The summed E-state index contributed by atoms with van der Waals surface area (Å²) in [7, 11) is 1.34. The molecule has 0 bridgehead atoms. The molecule has 0 amide bonds. The van der Waals surface area contributed by atoms with Crippen LogP contribution in [-0.2, 0) is 4.74 Å². The quantitative estimate of drug-likeness (QED) is 0.709. The first-order valence-corrected chi connectivity index (χ1v) is 6.81. The van der Waals surface area contributed by atoms with E-state index < -0.39 is 5.97 Å². The van der Waals surface area contributed by atoms with Crippen molar-refractivity contribution in [1.82, 2.24) is 9.97 Å². The Bertz CT molecular complexity index is 392. The Morgan fingerprint density at radius 2 is 2.11 bits per heavy atom. The van der Waals surface area contributed by atoms with Gasteiger partial charge >= 0.3 is 5.97 Å². The minimum Gasteiger partial charge on any atom is -0.464 e. The minimum absolute atomic E-state index is 0.242. The zero-order chi connectivity index (χ0) is 14.3. The summed E-state index contributed by atoms with van der Waals surface area (Å²) in [4.78, 5) is 22.0. The third-order valence-corrected chi connectivity index (χ3v) is 3.20. The predicted octanol–water partition coefficient (Wildman–Crippen LogP) is 2.67. The van der Waals surface area contributed by atoms with Gasteiger partial charge in [0.25, 0.3) is 0 Å². The first kappa shape index (κ1) is 15.4. The van der Waals surface area contributed by atoms with E-state index in [9.17, 15) is 4.79 Å². The van der Waals surface area contributed by atoms with Crippen LogP contribution in [0.2, 0.25) is 0 Å². The maximum Gasteiger partial charge on any atom is 0.358 e. The molecular formula is C14H23N3O2. The van der Waals surface area contributed by atoms with Crippen LogP contribution in [0.25, 0.3) is 0 Å². The molecule has 1 heterocycles. The first-order chi connectivity index (χ1) is 9.13. The number of esters is 1. The number of hydrogen-bond acceptors (Lipinski definition) is 5. The molecule has 1 aromatic heterocycles. The Balaban J connectivity index is 2.87. The molecule has 0 aliphatic carbocycles. The van der Waals surface area contributed by atoms with E-state index in [-0.39, 0.29) is 5.69 Å². The van der Waals surface area contributed by atoms with Crippen LogP contribution in [-0.4, -0.2) is 35.6 Å². The number of aromatic nitrogens is 2. The van der Waals surface area contributed by atoms with Crippen molar-refractivity contribution in [2.75, 3.05) is 18.6 Å². The second-order valence-corrected chi connectivity index (χ2v) is 4.56. The molecule has 0 N–H and O–H groups in total. The topological polar surface area (TPSA) is 55.3 Å². The zero-order valence-corrected chi connectivity index (χ0v) is 12.2. The summed E-state index contributed by atoms with van der Waals surface area (Å²) in [5.74, 6) is 0.359. The van der Waals surface area contributed by atoms with Crippen molar-refractivity contribution in [1.29, 1.82) is 0 Å². The van der Waals surface area contributed by atoms with Crippen molar-refractivity contribution in [3.05, 3.63) is 18.1 Å². The van der Waals surface area contributed by atoms with Gasteiger partial charge in [-0.25, -0.2) is 14.8 Å². The molecule has 0 radical (unpaired) electrons. The molecule has 19 heavy (non-hydrogen) atoms. The molecule has 1 atom stereocenters. The molecule has 0 aromatic carbocycles. The molecule has 0 saturated heterocycles. The second-order valence-electron chi connectivity index (χ2n) is 4.56. The van der Waals surface area contributed by atoms with Crippen LogP contribution in [0, 0.1) is 0 Å². The summed E-state index contributed by atoms with van der Waals surface area (Å²) < 4.78 is 4.62. The highest BCUT2D eigenvalue weighted by Crippen LogP contribution is 2.16. The molecule has 1 aromatic rings. The van der Waals surface area contributed by atoms with Gasteiger partial charge < -0.3 is 9.64 Å². The van der Waals surface area contributed by atoms with Crippen LogP contribution in [0.15, 0.2) is 12.4 Å². The van der Waals surface area contributed by atoms with E-state index in [2.05, 4.69) is 40.4 Å². The summed E-state index contributed by atoms with van der Waals surface area (Å²) in [6.07, 6.45) is 6.42. The van der Waals surface area contributed by atoms with Crippen LogP contribution in [0.3, 0.4) is 0 Å². The summed E-state index contributed by atoms with van der Waals surface area (Å²) in [5.41, 5.74) is 0.242. The van der Waals surface area contributed by atoms with Crippen molar-refractivity contribution in [2.24, 2.45) is 0 Å². The molecule has 0 aliphatic heterocycles. The number of carbonyl (C=O) groups excluding carboxylic acids is 1. The molecule has 1 unspecified atom stereocenters. The largest absolute Gasteiger partial charge is 0.464 e. The second kappa shape index (κ2) is 7.71. The van der Waals surface area contributed by atoms with Gasteiger partial charge in [0.2, 0.25) is 0 Å². The third-order valence-electron chi connectivity index (χ3n) is 3.20. The van der Waals surface area contributed by atoms with Crippen LogP contribution in [0.1, 0.15) is 50.5 Å². The van der Waals surface area contributed by atoms with Crippen LogP contribution in [0.4, 0.5) is 5.82 Å². The number of nitrogens with zero attached hydrogens (tertiary/aromatic N) is 3. The molecule has 0 saturated carbocycles. The SMILES string of the molecule is CCCCN(c1cnc(C(=O)OC)cn1)C(C)CC. The number of unbranched alkanes of at least 4 members (excludes halogenated alkanes) is 1. The lowest BCUT2D eigenvalue weighted by atomic mass is 10.2. The normalized spacial score (nSPS) is 12.0. The molecule has 106 valence electrons. The molecule has 0 aliphatic rings. The molecular weight excluding hydrogens is 242 g/mol. The predicted molar refractivity (Wildman–Crippen MR) is 75.4 cm³/mol. The Morgan fingerprint density at radius 3 is 2.58 bits per heavy atom. The zero-order valence-electron chi connectivity index (χ0n) is 12.2. The van der Waals surface area contributed by atoms with E-state index in [1.165, 1.54) is 13.3 Å². The highest BCUT2D eigenvalue weighted by Gasteiger charge is 2.15. The summed E-state index contributed by atoms with van der Waals surface area (Å²) in [5, 5.41) is 0. The van der Waals surface area contributed by atoms with Gasteiger partial charge in [0, 0.05) is 12.6 Å². The van der Waals surface area contributed by atoms with Crippen LogP contribution < -0.4 is 4.90 Å². The number of hydrogen-bond donors (Lipinski definition) is 0. The number of anilines is 1. The Labute approximate surface area is 115 Å². The molecule has 0 spiro atoms. The lowest BCUT2D eigenvalue weighted by Crippen LogP contribution is -2.34. The first-order valence-electron chi connectivity index (χ1n) is 6.81. The van der Waals surface area contributed by atoms with Crippen LogP contribution in [0.5, 0.6) is 0 Å². The molecule has 5 nitrogen and oxygen atoms in total. The van der Waals surface area contributed by atoms with Crippen molar-refractivity contribution >= 4 is 11.8 Å². The van der Waals surface area contributed by atoms with Gasteiger partial charge in [0.1, 0.15) is 5.82 Å². The van der Waals surface area contributed by atoms with E-state index in [1.54, 1.807) is 6.20 Å². The van der Waals surface area contributed by atoms with E-state index in [0.717, 1.165) is 31.6 Å². The number of carbonyl (C=O) groups is 1. The Morgan fingerprint density at radius 1 is 1.37 bits per heavy atom. The minimum atomic E-state index is -0.456. The van der Waals surface area contributed by atoms with Gasteiger partial charge in [0.05, 0.1) is 19.5 Å². The number of rotatable bonds is 7. The highest BCUT2D eigenvalue weighted by molar-refractivity contribution is 5.86. The van der Waals surface area contributed by atoms with Gasteiger partial charge in [-0.1, -0.05) is 20.3 Å². The van der Waals surface area contributed by atoms with Gasteiger partial charge in [-0.2, -0.15) is 0 Å². The van der Waals surface area contributed by atoms with Gasteiger partial charge in [-0.3, -0.25) is 0 Å². The monoisotopic (exact) mass is 265 g/mol. The fraction of sp³-hybridized carbons (Fsp3) is 0.643. The fourth-order valence-electron chi connectivity index (χ4n) is 1.79. The van der Waals surface area contributed by atoms with Gasteiger partial charge in [-0.05, 0) is 19.8 Å². The molecule has 1 rings (SSSR count). The van der Waals surface area contributed by atoms with Crippen molar-refractivity contribution in [2.45, 2.75) is 46.1 Å². The van der Waals surface area contributed by atoms with Gasteiger partial charge in [0.15, 0.2) is 5.69 Å². The number of ether oxygens (including phenoxy) is 1. The molecule has 5 heteroatoms. The van der Waals surface area contributed by atoms with E-state index >= 15 is 0 Å².